The normalized spacial score (nSPS) is 13.1. The van der Waals surface area contributed by atoms with E-state index in [-0.39, 0.29) is 5.54 Å². The Kier molecular flexibility index (Phi) is 6.28. The second-order valence-electron chi connectivity index (χ2n) is 6.06. The van der Waals surface area contributed by atoms with Gasteiger partial charge in [-0.3, -0.25) is 0 Å². The van der Waals surface area contributed by atoms with Crippen molar-refractivity contribution >= 4 is 21.6 Å². The number of hydrogen-bond donors (Lipinski definition) is 1. The van der Waals surface area contributed by atoms with E-state index in [2.05, 4.69) is 85.5 Å². The van der Waals surface area contributed by atoms with Crippen molar-refractivity contribution < 1.29 is 0 Å². The zero-order valence-corrected chi connectivity index (χ0v) is 14.9. The second-order valence-corrected chi connectivity index (χ2v) is 6.91. The van der Waals surface area contributed by atoms with Crippen LogP contribution in [0.4, 0.5) is 5.69 Å². The van der Waals surface area contributed by atoms with Crippen LogP contribution in [-0.2, 0) is 0 Å². The van der Waals surface area contributed by atoms with Crippen molar-refractivity contribution in [2.75, 3.05) is 18.0 Å². The maximum absolute atomic E-state index is 3.87. The Morgan fingerprint density at radius 3 is 2.50 bits per heavy atom. The molecule has 0 saturated heterocycles. The zero-order chi connectivity index (χ0) is 15.3. The third kappa shape index (κ3) is 4.35. The van der Waals surface area contributed by atoms with Gasteiger partial charge in [-0.2, -0.15) is 0 Å². The van der Waals surface area contributed by atoms with Crippen molar-refractivity contribution in [1.82, 2.24) is 5.32 Å². The lowest BCUT2D eigenvalue weighted by atomic mass is 10.0. The summed E-state index contributed by atoms with van der Waals surface area (Å²) >= 11 is 3.71. The smallest absolute Gasteiger partial charge is 0.0384 e. The molecule has 0 aliphatic rings. The van der Waals surface area contributed by atoms with Gasteiger partial charge in [0.2, 0.25) is 0 Å². The Bertz CT molecular complexity index is 449. The van der Waals surface area contributed by atoms with Crippen LogP contribution in [0.15, 0.2) is 35.3 Å². The van der Waals surface area contributed by atoms with Crippen LogP contribution in [-0.4, -0.2) is 18.6 Å². The van der Waals surface area contributed by atoms with E-state index in [0.29, 0.717) is 6.04 Å². The average Bonchev–Trinajstić information content (AvgIpc) is 2.34. The molecule has 2 nitrogen and oxygen atoms in total. The molecule has 1 aromatic rings. The van der Waals surface area contributed by atoms with E-state index in [1.807, 2.05) is 6.08 Å². The number of halogens is 1. The van der Waals surface area contributed by atoms with Crippen LogP contribution in [0.1, 0.15) is 46.2 Å². The Labute approximate surface area is 132 Å². The molecular weight excluding hydrogens is 312 g/mol. The summed E-state index contributed by atoms with van der Waals surface area (Å²) in [5.74, 6) is 0. The minimum Gasteiger partial charge on any atom is -0.363 e. The maximum atomic E-state index is 3.87. The molecule has 0 amide bonds. The molecule has 1 atom stereocenters. The van der Waals surface area contributed by atoms with Gasteiger partial charge in [0.25, 0.3) is 0 Å². The number of benzene rings is 1. The van der Waals surface area contributed by atoms with E-state index in [4.69, 9.17) is 0 Å². The molecular formula is C17H27BrN2. The summed E-state index contributed by atoms with van der Waals surface area (Å²) in [7, 11) is 0. The first kappa shape index (κ1) is 17.3. The van der Waals surface area contributed by atoms with E-state index < -0.39 is 0 Å². The largest absolute Gasteiger partial charge is 0.363 e. The average molecular weight is 339 g/mol. The topological polar surface area (TPSA) is 15.3 Å². The summed E-state index contributed by atoms with van der Waals surface area (Å²) in [4.78, 5) is 2.35. The third-order valence-electron chi connectivity index (χ3n) is 3.39. The van der Waals surface area contributed by atoms with Gasteiger partial charge < -0.3 is 10.2 Å². The molecule has 1 unspecified atom stereocenters. The summed E-state index contributed by atoms with van der Waals surface area (Å²) in [5.41, 5.74) is 2.59. The minimum absolute atomic E-state index is 0.0719. The lowest BCUT2D eigenvalue weighted by Gasteiger charge is -2.37. The molecule has 0 fully saturated rings. The number of rotatable bonds is 6. The van der Waals surface area contributed by atoms with Crippen molar-refractivity contribution in [2.45, 2.75) is 46.2 Å². The highest BCUT2D eigenvalue weighted by molar-refractivity contribution is 9.10. The van der Waals surface area contributed by atoms with Crippen molar-refractivity contribution in [2.24, 2.45) is 0 Å². The van der Waals surface area contributed by atoms with Crippen molar-refractivity contribution in [3.8, 4) is 0 Å². The molecule has 1 N–H and O–H groups in total. The summed E-state index contributed by atoms with van der Waals surface area (Å²) < 4.78 is 1.15. The SMILES string of the molecule is C=CCN(c1ccc(C(C)NCC)c(Br)c1)C(C)(C)C. The summed E-state index contributed by atoms with van der Waals surface area (Å²) in [6.07, 6.45) is 1.95. The standard InChI is InChI=1S/C17H27BrN2/c1-7-11-20(17(4,5)6)14-9-10-15(16(18)12-14)13(3)19-8-2/h7,9-10,12-13,19H,1,8,11H2,2-6H3. The molecule has 3 heteroatoms. The van der Waals surface area contributed by atoms with E-state index in [0.717, 1.165) is 17.6 Å². The fourth-order valence-corrected chi connectivity index (χ4v) is 3.06. The molecule has 0 bridgehead atoms. The van der Waals surface area contributed by atoms with E-state index in [1.54, 1.807) is 0 Å². The van der Waals surface area contributed by atoms with Crippen molar-refractivity contribution in [3.63, 3.8) is 0 Å². The highest BCUT2D eigenvalue weighted by Crippen LogP contribution is 2.31. The number of anilines is 1. The first-order valence-electron chi connectivity index (χ1n) is 7.22. The number of nitrogens with zero attached hydrogens (tertiary/aromatic N) is 1. The number of hydrogen-bond acceptors (Lipinski definition) is 2. The quantitative estimate of drug-likeness (QED) is 0.741. The lowest BCUT2D eigenvalue weighted by Crippen LogP contribution is -2.41. The Morgan fingerprint density at radius 1 is 1.40 bits per heavy atom. The second kappa shape index (κ2) is 7.28. The van der Waals surface area contributed by atoms with Crippen molar-refractivity contribution in [3.05, 3.63) is 40.9 Å². The van der Waals surface area contributed by atoms with E-state index >= 15 is 0 Å². The molecule has 0 aromatic heterocycles. The molecule has 20 heavy (non-hydrogen) atoms. The van der Waals surface area contributed by atoms with Gasteiger partial charge in [0.05, 0.1) is 0 Å². The van der Waals surface area contributed by atoms with Gasteiger partial charge in [0.15, 0.2) is 0 Å². The van der Waals surface area contributed by atoms with Gasteiger partial charge in [0, 0.05) is 28.3 Å². The van der Waals surface area contributed by atoms with Crippen LogP contribution in [0.2, 0.25) is 0 Å². The van der Waals surface area contributed by atoms with Gasteiger partial charge in [-0.25, -0.2) is 0 Å². The van der Waals surface area contributed by atoms with Crippen LogP contribution in [0, 0.1) is 0 Å². The maximum Gasteiger partial charge on any atom is 0.0384 e. The van der Waals surface area contributed by atoms with E-state index in [1.165, 1.54) is 11.3 Å². The van der Waals surface area contributed by atoms with Gasteiger partial charge in [-0.15, -0.1) is 6.58 Å². The lowest BCUT2D eigenvalue weighted by molar-refractivity contribution is 0.522. The summed E-state index contributed by atoms with van der Waals surface area (Å²) in [5, 5.41) is 3.45. The van der Waals surface area contributed by atoms with Crippen molar-refractivity contribution in [1.29, 1.82) is 0 Å². The fraction of sp³-hybridized carbons (Fsp3) is 0.529. The Hall–Kier alpha value is -0.800. The third-order valence-corrected chi connectivity index (χ3v) is 4.08. The molecule has 0 aliphatic carbocycles. The van der Waals surface area contributed by atoms with Gasteiger partial charge >= 0.3 is 0 Å². The molecule has 0 saturated carbocycles. The van der Waals surface area contributed by atoms with Gasteiger partial charge in [0.1, 0.15) is 0 Å². The van der Waals surface area contributed by atoms with Crippen LogP contribution < -0.4 is 10.2 Å². The van der Waals surface area contributed by atoms with Crippen LogP contribution in [0.3, 0.4) is 0 Å². The monoisotopic (exact) mass is 338 g/mol. The number of nitrogens with one attached hydrogen (secondary N) is 1. The zero-order valence-electron chi connectivity index (χ0n) is 13.3. The fourth-order valence-electron chi connectivity index (χ4n) is 2.35. The highest BCUT2D eigenvalue weighted by Gasteiger charge is 2.21. The Morgan fingerprint density at radius 2 is 2.05 bits per heavy atom. The molecule has 112 valence electrons. The molecule has 0 radical (unpaired) electrons. The molecule has 1 aromatic carbocycles. The molecule has 1 rings (SSSR count). The molecule has 0 spiro atoms. The molecule has 0 aliphatic heterocycles. The highest BCUT2D eigenvalue weighted by atomic mass is 79.9. The van der Waals surface area contributed by atoms with Crippen LogP contribution >= 0.6 is 15.9 Å². The minimum atomic E-state index is 0.0719. The van der Waals surface area contributed by atoms with Gasteiger partial charge in [-0.1, -0.05) is 35.0 Å². The first-order chi connectivity index (χ1) is 9.31. The van der Waals surface area contributed by atoms with E-state index in [9.17, 15) is 0 Å². The predicted octanol–water partition coefficient (Wildman–Crippen LogP) is 4.91. The Balaban J connectivity index is 3.09. The molecule has 0 heterocycles. The van der Waals surface area contributed by atoms with Gasteiger partial charge in [-0.05, 0) is 51.9 Å². The predicted molar refractivity (Wildman–Crippen MR) is 93.5 cm³/mol. The van der Waals surface area contributed by atoms with Crippen LogP contribution in [0.5, 0.6) is 0 Å². The first-order valence-corrected chi connectivity index (χ1v) is 8.02. The van der Waals surface area contributed by atoms with Crippen LogP contribution in [0.25, 0.3) is 0 Å². The summed E-state index contributed by atoms with van der Waals surface area (Å²) in [6.45, 7) is 16.7. The summed E-state index contributed by atoms with van der Waals surface area (Å²) in [6, 6.07) is 6.96.